The Morgan fingerprint density at radius 3 is 2.94 bits per heavy atom. The van der Waals surface area contributed by atoms with E-state index in [-0.39, 0.29) is 12.1 Å². The number of nitrogens with one attached hydrogen (secondary N) is 1. The lowest BCUT2D eigenvalue weighted by molar-refractivity contribution is -0.0380. The Hall–Kier alpha value is -0.910. The van der Waals surface area contributed by atoms with Crippen molar-refractivity contribution in [3.05, 3.63) is 18.0 Å². The summed E-state index contributed by atoms with van der Waals surface area (Å²) in [5.74, 6) is 0. The molecule has 1 N–H and O–H groups in total. The first-order chi connectivity index (χ1) is 7.70. The number of aromatic nitrogens is 2. The molecule has 1 aliphatic rings. The largest absolute Gasteiger partial charge is 0.374 e. The first-order valence-electron chi connectivity index (χ1n) is 5.66. The highest BCUT2D eigenvalue weighted by molar-refractivity contribution is 5.12. The number of morpholine rings is 1. The predicted molar refractivity (Wildman–Crippen MR) is 62.2 cm³/mol. The zero-order chi connectivity index (χ0) is 11.5. The summed E-state index contributed by atoms with van der Waals surface area (Å²) in [7, 11) is 6.03. The summed E-state index contributed by atoms with van der Waals surface area (Å²) in [5.41, 5.74) is 1.19. The van der Waals surface area contributed by atoms with Crippen LogP contribution < -0.4 is 5.32 Å². The van der Waals surface area contributed by atoms with E-state index < -0.39 is 0 Å². The molecule has 1 aromatic heterocycles. The molecule has 5 nitrogen and oxygen atoms in total. The molecule has 5 heteroatoms. The minimum absolute atomic E-state index is 0.202. The van der Waals surface area contributed by atoms with Gasteiger partial charge in [0, 0.05) is 31.9 Å². The second-order valence-corrected chi connectivity index (χ2v) is 4.39. The molecule has 0 spiro atoms. The number of likely N-dealkylation sites (N-methyl/N-ethyl adjacent to an activating group) is 2. The van der Waals surface area contributed by atoms with E-state index >= 15 is 0 Å². The molecule has 0 bridgehead atoms. The molecular formula is C11H20N4O. The Morgan fingerprint density at radius 2 is 2.38 bits per heavy atom. The maximum absolute atomic E-state index is 5.82. The van der Waals surface area contributed by atoms with Crippen molar-refractivity contribution in [3.63, 3.8) is 0 Å². The first-order valence-corrected chi connectivity index (χ1v) is 5.66. The van der Waals surface area contributed by atoms with E-state index in [4.69, 9.17) is 4.74 Å². The van der Waals surface area contributed by atoms with Crippen molar-refractivity contribution in [3.8, 4) is 0 Å². The van der Waals surface area contributed by atoms with Gasteiger partial charge in [0.25, 0.3) is 0 Å². The zero-order valence-corrected chi connectivity index (χ0v) is 10.2. The molecule has 90 valence electrons. The third kappa shape index (κ3) is 2.42. The van der Waals surface area contributed by atoms with Crippen molar-refractivity contribution in [2.24, 2.45) is 7.05 Å². The van der Waals surface area contributed by atoms with Crippen molar-refractivity contribution < 1.29 is 4.74 Å². The summed E-state index contributed by atoms with van der Waals surface area (Å²) < 4.78 is 7.65. The summed E-state index contributed by atoms with van der Waals surface area (Å²) in [4.78, 5) is 2.30. The van der Waals surface area contributed by atoms with E-state index in [9.17, 15) is 0 Å². The molecule has 0 aromatic carbocycles. The molecule has 2 unspecified atom stereocenters. The Bertz CT molecular complexity index is 338. The highest BCUT2D eigenvalue weighted by Gasteiger charge is 2.27. The van der Waals surface area contributed by atoms with Crippen molar-refractivity contribution in [1.82, 2.24) is 20.0 Å². The smallest absolute Gasteiger partial charge is 0.0897 e. The molecule has 0 saturated carbocycles. The predicted octanol–water partition coefficient (Wildman–Crippen LogP) is 0.0112. The van der Waals surface area contributed by atoms with Crippen LogP contribution in [0.1, 0.15) is 11.6 Å². The van der Waals surface area contributed by atoms with E-state index in [1.807, 2.05) is 31.2 Å². The van der Waals surface area contributed by atoms with Gasteiger partial charge in [0.15, 0.2) is 0 Å². The zero-order valence-electron chi connectivity index (χ0n) is 10.2. The highest BCUT2D eigenvalue weighted by Crippen LogP contribution is 2.21. The van der Waals surface area contributed by atoms with E-state index in [0.717, 1.165) is 19.7 Å². The number of aryl methyl sites for hydroxylation is 1. The second-order valence-electron chi connectivity index (χ2n) is 4.39. The van der Waals surface area contributed by atoms with Gasteiger partial charge in [-0.25, -0.2) is 0 Å². The normalized spacial score (nSPS) is 24.6. The van der Waals surface area contributed by atoms with Crippen LogP contribution in [0.2, 0.25) is 0 Å². The third-order valence-electron chi connectivity index (χ3n) is 3.06. The second kappa shape index (κ2) is 4.95. The minimum Gasteiger partial charge on any atom is -0.374 e. The standard InChI is InChI=1S/C11H20N4O/c1-12-11(9-6-13-15(3)7-9)10-8-14(2)4-5-16-10/h6-7,10-12H,4-5,8H2,1-3H3. The molecule has 1 aliphatic heterocycles. The Balaban J connectivity index is 2.09. The minimum atomic E-state index is 0.202. The van der Waals surface area contributed by atoms with Crippen molar-refractivity contribution in [2.45, 2.75) is 12.1 Å². The molecule has 1 aromatic rings. The number of rotatable bonds is 3. The molecule has 16 heavy (non-hydrogen) atoms. The van der Waals surface area contributed by atoms with Gasteiger partial charge in [-0.1, -0.05) is 0 Å². The van der Waals surface area contributed by atoms with Crippen LogP contribution in [0.25, 0.3) is 0 Å². The van der Waals surface area contributed by atoms with Gasteiger partial charge in [-0.05, 0) is 14.1 Å². The summed E-state index contributed by atoms with van der Waals surface area (Å²) in [6.07, 6.45) is 4.14. The Labute approximate surface area is 96.4 Å². The molecule has 2 heterocycles. The quantitative estimate of drug-likeness (QED) is 0.785. The first kappa shape index (κ1) is 11.6. The van der Waals surface area contributed by atoms with Crippen LogP contribution in [-0.2, 0) is 11.8 Å². The molecule has 0 amide bonds. The molecule has 1 saturated heterocycles. The van der Waals surface area contributed by atoms with Gasteiger partial charge < -0.3 is 15.0 Å². The van der Waals surface area contributed by atoms with Crippen LogP contribution in [0, 0.1) is 0 Å². The topological polar surface area (TPSA) is 42.3 Å². The van der Waals surface area contributed by atoms with Crippen LogP contribution in [0.3, 0.4) is 0 Å². The fourth-order valence-corrected chi connectivity index (χ4v) is 2.18. The van der Waals surface area contributed by atoms with Crippen molar-refractivity contribution in [1.29, 1.82) is 0 Å². The maximum Gasteiger partial charge on any atom is 0.0897 e. The van der Waals surface area contributed by atoms with Crippen LogP contribution >= 0.6 is 0 Å². The number of hydrogen-bond donors (Lipinski definition) is 1. The Morgan fingerprint density at radius 1 is 1.56 bits per heavy atom. The summed E-state index contributed by atoms with van der Waals surface area (Å²) >= 11 is 0. The lowest BCUT2D eigenvalue weighted by Gasteiger charge is -2.34. The van der Waals surface area contributed by atoms with Crippen LogP contribution in [0.5, 0.6) is 0 Å². The molecular weight excluding hydrogens is 204 g/mol. The molecule has 0 radical (unpaired) electrons. The molecule has 0 aliphatic carbocycles. The molecule has 2 rings (SSSR count). The van der Waals surface area contributed by atoms with Crippen molar-refractivity contribution >= 4 is 0 Å². The highest BCUT2D eigenvalue weighted by atomic mass is 16.5. The third-order valence-corrected chi connectivity index (χ3v) is 3.06. The van der Waals surface area contributed by atoms with Crippen LogP contribution in [0.4, 0.5) is 0 Å². The van der Waals surface area contributed by atoms with E-state index in [2.05, 4.69) is 22.4 Å². The van der Waals surface area contributed by atoms with Gasteiger partial charge in [0.1, 0.15) is 0 Å². The maximum atomic E-state index is 5.82. The number of nitrogens with zero attached hydrogens (tertiary/aromatic N) is 3. The summed E-state index contributed by atoms with van der Waals surface area (Å²) in [5, 5.41) is 7.52. The lowest BCUT2D eigenvalue weighted by Crippen LogP contribution is -2.46. The number of hydrogen-bond acceptors (Lipinski definition) is 4. The van der Waals surface area contributed by atoms with Gasteiger partial charge in [0.2, 0.25) is 0 Å². The molecule has 1 fully saturated rings. The van der Waals surface area contributed by atoms with E-state index in [1.165, 1.54) is 5.56 Å². The van der Waals surface area contributed by atoms with Crippen LogP contribution in [0.15, 0.2) is 12.4 Å². The van der Waals surface area contributed by atoms with Gasteiger partial charge in [0.05, 0.1) is 24.9 Å². The van der Waals surface area contributed by atoms with Crippen LogP contribution in [-0.4, -0.2) is 54.6 Å². The molecule has 2 atom stereocenters. The fourth-order valence-electron chi connectivity index (χ4n) is 2.18. The Kier molecular flexibility index (Phi) is 3.58. The summed E-state index contributed by atoms with van der Waals surface area (Å²) in [6, 6.07) is 0.219. The van der Waals surface area contributed by atoms with E-state index in [1.54, 1.807) is 0 Å². The average molecular weight is 224 g/mol. The monoisotopic (exact) mass is 224 g/mol. The number of ether oxygens (including phenoxy) is 1. The van der Waals surface area contributed by atoms with Crippen molar-refractivity contribution in [2.75, 3.05) is 33.8 Å². The van der Waals surface area contributed by atoms with E-state index in [0.29, 0.717) is 0 Å². The van der Waals surface area contributed by atoms with Gasteiger partial charge in [-0.15, -0.1) is 0 Å². The van der Waals surface area contributed by atoms with Gasteiger partial charge in [-0.2, -0.15) is 5.10 Å². The van der Waals surface area contributed by atoms with Gasteiger partial charge >= 0.3 is 0 Å². The SMILES string of the molecule is CNC(c1cnn(C)c1)C1CN(C)CCO1. The summed E-state index contributed by atoms with van der Waals surface area (Å²) in [6.45, 7) is 2.78. The average Bonchev–Trinajstić information content (AvgIpc) is 2.66. The fraction of sp³-hybridized carbons (Fsp3) is 0.727. The lowest BCUT2D eigenvalue weighted by atomic mass is 10.0. The van der Waals surface area contributed by atoms with Gasteiger partial charge in [-0.3, -0.25) is 4.68 Å².